The predicted molar refractivity (Wildman–Crippen MR) is 191 cm³/mol. The lowest BCUT2D eigenvalue weighted by Crippen LogP contribution is -2.43. The molecule has 260 valence electrons. The van der Waals surface area contributed by atoms with E-state index >= 15 is 8.78 Å². The summed E-state index contributed by atoms with van der Waals surface area (Å²) < 4.78 is 59.7. The predicted octanol–water partition coefficient (Wildman–Crippen LogP) is 6.79. The molecule has 1 unspecified atom stereocenters. The highest BCUT2D eigenvalue weighted by Crippen LogP contribution is 2.52. The second-order valence-electron chi connectivity index (χ2n) is 12.9. The van der Waals surface area contributed by atoms with E-state index in [0.29, 0.717) is 18.5 Å². The second kappa shape index (κ2) is 12.6. The van der Waals surface area contributed by atoms with Crippen molar-refractivity contribution in [1.82, 2.24) is 19.9 Å². The maximum Gasteiger partial charge on any atom is 0.319 e. The van der Waals surface area contributed by atoms with Gasteiger partial charge in [-0.2, -0.15) is 15.2 Å². The Kier molecular flexibility index (Phi) is 8.21. The molecule has 15 heteroatoms. The van der Waals surface area contributed by atoms with Gasteiger partial charge >= 0.3 is 6.01 Å². The lowest BCUT2D eigenvalue weighted by molar-refractivity contribution is 0.107. The smallest absolute Gasteiger partial charge is 0.319 e. The Labute approximate surface area is 299 Å². The summed E-state index contributed by atoms with van der Waals surface area (Å²) >= 11 is 7.95. The molecular formula is C36H30ClF3N8O2S. The standard InChI is InChI=1S/C36H30ClF3N8O2S/c1-2-5-23(19-6-3-10-44-32(19)42)48-12-13-49-30-26-29(45-35(46-34(26)48)50-17-36-9-4-11-47(36)16-18(38)14-36)28(40)25(27(30)37)20-7-8-22(39)31-24(20)21(15-41)33(43)51-31/h1,3,6-8,10,18,23H,4-5,9,11-14,16-17,43H2,(H2,42,44)/t18-,23?,36+/m1/s1. The zero-order valence-corrected chi connectivity index (χ0v) is 28.6. The minimum atomic E-state index is -0.986. The van der Waals surface area contributed by atoms with Gasteiger partial charge in [0, 0.05) is 42.1 Å². The van der Waals surface area contributed by atoms with Crippen molar-refractivity contribution < 1.29 is 22.6 Å². The number of pyridine rings is 1. The first kappa shape index (κ1) is 33.1. The third-order valence-electron chi connectivity index (χ3n) is 10.1. The van der Waals surface area contributed by atoms with Crippen molar-refractivity contribution in [1.29, 1.82) is 5.26 Å². The van der Waals surface area contributed by atoms with Gasteiger partial charge in [-0.1, -0.05) is 23.7 Å². The van der Waals surface area contributed by atoms with Gasteiger partial charge in [0.2, 0.25) is 0 Å². The first-order valence-electron chi connectivity index (χ1n) is 16.3. The molecule has 5 aromatic rings. The number of anilines is 3. The molecular weight excluding hydrogens is 701 g/mol. The number of rotatable bonds is 7. The summed E-state index contributed by atoms with van der Waals surface area (Å²) in [5.41, 5.74) is 12.3. The molecule has 0 aliphatic carbocycles. The Morgan fingerprint density at radius 1 is 1.22 bits per heavy atom. The van der Waals surface area contributed by atoms with Crippen LogP contribution in [0, 0.1) is 35.3 Å². The van der Waals surface area contributed by atoms with Crippen LogP contribution in [0.5, 0.6) is 11.8 Å². The van der Waals surface area contributed by atoms with Gasteiger partial charge in [0.05, 0.1) is 38.8 Å². The van der Waals surface area contributed by atoms with E-state index < -0.39 is 29.4 Å². The van der Waals surface area contributed by atoms with Crippen LogP contribution >= 0.6 is 22.9 Å². The fraction of sp³-hybridized carbons (Fsp3) is 0.333. The van der Waals surface area contributed by atoms with E-state index in [2.05, 4.69) is 20.8 Å². The molecule has 4 N–H and O–H groups in total. The van der Waals surface area contributed by atoms with Crippen molar-refractivity contribution in [2.24, 2.45) is 0 Å². The number of benzene rings is 2. The summed E-state index contributed by atoms with van der Waals surface area (Å²) in [5.74, 6) is 1.79. The number of hydrogen-bond acceptors (Lipinski definition) is 11. The first-order valence-corrected chi connectivity index (χ1v) is 17.5. The van der Waals surface area contributed by atoms with Crippen molar-refractivity contribution in [3.8, 4) is 41.3 Å². The third kappa shape index (κ3) is 5.24. The van der Waals surface area contributed by atoms with Crippen molar-refractivity contribution in [3.63, 3.8) is 0 Å². The monoisotopic (exact) mass is 730 g/mol. The maximum atomic E-state index is 17.4. The van der Waals surface area contributed by atoms with E-state index in [1.165, 1.54) is 12.1 Å². The summed E-state index contributed by atoms with van der Waals surface area (Å²) in [5, 5.41) is 10.2. The minimum Gasteiger partial charge on any atom is -0.489 e. The Balaban J connectivity index is 1.37. The highest BCUT2D eigenvalue weighted by atomic mass is 35.5. The molecule has 2 aromatic carbocycles. The number of nitriles is 1. The molecule has 10 nitrogen and oxygen atoms in total. The number of nitrogens with two attached hydrogens (primary N) is 2. The molecule has 2 saturated heterocycles. The topological polar surface area (TPSA) is 139 Å². The van der Waals surface area contributed by atoms with Crippen LogP contribution in [0.1, 0.15) is 42.9 Å². The van der Waals surface area contributed by atoms with E-state index in [1.807, 2.05) is 17.0 Å². The van der Waals surface area contributed by atoms with Gasteiger partial charge < -0.3 is 25.8 Å². The summed E-state index contributed by atoms with van der Waals surface area (Å²) in [6, 6.07) is 7.38. The average Bonchev–Trinajstić information content (AvgIpc) is 3.71. The van der Waals surface area contributed by atoms with Crippen molar-refractivity contribution in [2.45, 2.75) is 43.4 Å². The maximum absolute atomic E-state index is 17.4. The second-order valence-corrected chi connectivity index (χ2v) is 14.4. The Morgan fingerprint density at radius 2 is 2.06 bits per heavy atom. The van der Waals surface area contributed by atoms with Crippen LogP contribution in [0.4, 0.5) is 29.8 Å². The number of terminal acetylenes is 1. The van der Waals surface area contributed by atoms with Crippen LogP contribution in [0.15, 0.2) is 30.5 Å². The van der Waals surface area contributed by atoms with Crippen molar-refractivity contribution >= 4 is 60.6 Å². The van der Waals surface area contributed by atoms with E-state index in [9.17, 15) is 9.65 Å². The van der Waals surface area contributed by atoms with Crippen LogP contribution in [-0.4, -0.2) is 64.4 Å². The van der Waals surface area contributed by atoms with Crippen LogP contribution in [-0.2, 0) is 0 Å². The fourth-order valence-electron chi connectivity index (χ4n) is 7.90. The van der Waals surface area contributed by atoms with E-state index in [1.54, 1.807) is 12.3 Å². The van der Waals surface area contributed by atoms with Gasteiger partial charge in [-0.3, -0.25) is 4.90 Å². The fourth-order valence-corrected chi connectivity index (χ4v) is 9.19. The van der Waals surface area contributed by atoms with E-state index in [0.717, 1.165) is 30.7 Å². The minimum absolute atomic E-state index is 0.000266. The first-order chi connectivity index (χ1) is 24.7. The normalized spacial score (nSPS) is 20.5. The number of nitrogens with zero attached hydrogens (tertiary/aromatic N) is 6. The van der Waals surface area contributed by atoms with Crippen LogP contribution in [0.25, 0.3) is 32.1 Å². The number of ether oxygens (including phenoxy) is 2. The van der Waals surface area contributed by atoms with E-state index in [4.69, 9.17) is 43.9 Å². The molecule has 0 spiro atoms. The summed E-state index contributed by atoms with van der Waals surface area (Å²) in [6.45, 7) is 1.45. The Morgan fingerprint density at radius 3 is 2.84 bits per heavy atom. The highest BCUT2D eigenvalue weighted by molar-refractivity contribution is 7.23. The lowest BCUT2D eigenvalue weighted by atomic mass is 9.95. The molecule has 8 rings (SSSR count). The molecule has 0 amide bonds. The molecule has 0 radical (unpaired) electrons. The van der Waals surface area contributed by atoms with Crippen molar-refractivity contribution in [3.05, 3.63) is 58.2 Å². The number of nitrogen functional groups attached to an aromatic ring is 2. The SMILES string of the molecule is C#CCC(c1cccnc1N)N1CCOc2c(Cl)c(-c3ccc(F)c4sc(N)c(C#N)c34)c(F)c3nc(OC[C@@]45CCCN4C[C@H](F)C5)nc1c23. The zero-order valence-electron chi connectivity index (χ0n) is 27.1. The molecule has 3 aliphatic heterocycles. The summed E-state index contributed by atoms with van der Waals surface area (Å²) in [4.78, 5) is 17.6. The molecule has 3 aromatic heterocycles. The molecule has 0 saturated carbocycles. The zero-order chi connectivity index (χ0) is 35.6. The van der Waals surface area contributed by atoms with Crippen LogP contribution in [0.3, 0.4) is 0 Å². The van der Waals surface area contributed by atoms with E-state index in [-0.39, 0.29) is 97.3 Å². The number of hydrogen-bond donors (Lipinski definition) is 2. The van der Waals surface area contributed by atoms with Gasteiger partial charge in [0.15, 0.2) is 11.6 Å². The molecule has 51 heavy (non-hydrogen) atoms. The summed E-state index contributed by atoms with van der Waals surface area (Å²) in [7, 11) is 0. The average molecular weight is 731 g/mol. The number of alkyl halides is 1. The number of thiophene rings is 1. The molecule has 6 heterocycles. The van der Waals surface area contributed by atoms with Crippen LogP contribution < -0.4 is 25.8 Å². The van der Waals surface area contributed by atoms with Gasteiger partial charge in [-0.15, -0.1) is 23.7 Å². The quantitative estimate of drug-likeness (QED) is 0.172. The lowest BCUT2D eigenvalue weighted by Gasteiger charge is -2.33. The van der Waals surface area contributed by atoms with Gasteiger partial charge in [-0.25, -0.2) is 18.2 Å². The number of fused-ring (bicyclic) bond motifs is 2. The third-order valence-corrected chi connectivity index (χ3v) is 11.5. The molecule has 3 atom stereocenters. The summed E-state index contributed by atoms with van der Waals surface area (Å²) in [6.07, 6.45) is 8.58. The van der Waals surface area contributed by atoms with Gasteiger partial charge in [-0.05, 0) is 37.1 Å². The van der Waals surface area contributed by atoms with Crippen molar-refractivity contribution in [2.75, 3.05) is 49.2 Å². The van der Waals surface area contributed by atoms with Gasteiger partial charge in [0.25, 0.3) is 0 Å². The van der Waals surface area contributed by atoms with Gasteiger partial charge in [0.1, 0.15) is 53.4 Å². The number of aromatic nitrogens is 3. The Bertz CT molecular complexity index is 2330. The molecule has 2 fully saturated rings. The Hall–Kier alpha value is -5.02. The largest absolute Gasteiger partial charge is 0.489 e. The molecule has 0 bridgehead atoms. The molecule has 3 aliphatic rings. The van der Waals surface area contributed by atoms with Crippen LogP contribution in [0.2, 0.25) is 5.02 Å². The number of halogens is 4. The highest BCUT2D eigenvalue weighted by Gasteiger charge is 2.49.